The Hall–Kier alpha value is -0.740. The monoisotopic (exact) mass is 258 g/mol. The lowest BCUT2D eigenvalue weighted by Gasteiger charge is -1.99. The van der Waals surface area contributed by atoms with E-state index in [2.05, 4.69) is 15.9 Å². The third-order valence-corrected chi connectivity index (χ3v) is 3.52. The fourth-order valence-electron chi connectivity index (χ4n) is 1.28. The number of thiophene rings is 1. The quantitative estimate of drug-likeness (QED) is 0.772. The van der Waals surface area contributed by atoms with E-state index in [1.54, 1.807) is 17.5 Å². The Labute approximate surface area is 87.6 Å². The highest BCUT2D eigenvalue weighted by Gasteiger charge is 2.08. The number of rotatable bonds is 1. The highest BCUT2D eigenvalue weighted by molar-refractivity contribution is 9.08. The van der Waals surface area contributed by atoms with Crippen molar-refractivity contribution in [3.05, 3.63) is 23.1 Å². The first kappa shape index (κ1) is 8.84. The van der Waals surface area contributed by atoms with E-state index in [1.165, 1.54) is 11.3 Å². The molecule has 2 nitrogen and oxygen atoms in total. The number of hydrogen-bond acceptors (Lipinski definition) is 3. The number of halogens is 1. The third kappa shape index (κ3) is 1.40. The van der Waals surface area contributed by atoms with Gasteiger partial charge in [-0.1, -0.05) is 15.9 Å². The molecule has 0 fully saturated rings. The molecular weight excluding hydrogens is 252 g/mol. The van der Waals surface area contributed by atoms with Gasteiger partial charge in [-0.05, 0) is 17.7 Å². The summed E-state index contributed by atoms with van der Waals surface area (Å²) in [5.41, 5.74) is 1.00. The molecule has 1 aromatic heterocycles. The molecule has 0 bridgehead atoms. The van der Waals surface area contributed by atoms with Crippen LogP contribution in [0.25, 0.3) is 10.1 Å². The van der Waals surface area contributed by atoms with Crippen LogP contribution in [0.1, 0.15) is 5.56 Å². The molecule has 4 heteroatoms. The Balaban J connectivity index is 2.84. The lowest BCUT2D eigenvalue weighted by molar-refractivity contribution is 0.472. The molecule has 0 amide bonds. The van der Waals surface area contributed by atoms with Crippen molar-refractivity contribution >= 4 is 37.4 Å². The third-order valence-electron chi connectivity index (χ3n) is 1.86. The molecule has 0 saturated heterocycles. The molecule has 0 aliphatic rings. The van der Waals surface area contributed by atoms with Crippen molar-refractivity contribution < 1.29 is 10.2 Å². The average molecular weight is 259 g/mol. The fourth-order valence-corrected chi connectivity index (χ4v) is 2.84. The maximum atomic E-state index is 9.44. The average Bonchev–Trinajstić information content (AvgIpc) is 2.47. The standard InChI is InChI=1S/C9H7BrO2S/c10-3-5-1-6(11)2-7-8(12)4-13-9(5)7/h1-2,4,11-12H,3H2. The Morgan fingerprint density at radius 2 is 2.08 bits per heavy atom. The summed E-state index contributed by atoms with van der Waals surface area (Å²) in [6.45, 7) is 0. The SMILES string of the molecule is Oc1cc(CBr)c2scc(O)c2c1. The number of fused-ring (bicyclic) bond motifs is 1. The Morgan fingerprint density at radius 1 is 1.31 bits per heavy atom. The second kappa shape index (κ2) is 3.20. The predicted octanol–water partition coefficient (Wildman–Crippen LogP) is 3.21. The highest BCUT2D eigenvalue weighted by Crippen LogP contribution is 2.37. The molecule has 2 aromatic rings. The highest BCUT2D eigenvalue weighted by atomic mass is 79.9. The van der Waals surface area contributed by atoms with E-state index in [1.807, 2.05) is 0 Å². The minimum Gasteiger partial charge on any atom is -0.508 e. The van der Waals surface area contributed by atoms with E-state index in [9.17, 15) is 10.2 Å². The van der Waals surface area contributed by atoms with Gasteiger partial charge in [0, 0.05) is 20.8 Å². The van der Waals surface area contributed by atoms with Crippen LogP contribution >= 0.6 is 27.3 Å². The summed E-state index contributed by atoms with van der Waals surface area (Å²) in [6, 6.07) is 3.28. The van der Waals surface area contributed by atoms with Crippen LogP contribution in [0.5, 0.6) is 11.5 Å². The van der Waals surface area contributed by atoms with Gasteiger partial charge in [0.25, 0.3) is 0 Å². The minimum absolute atomic E-state index is 0.190. The number of hydrogen-bond donors (Lipinski definition) is 2. The summed E-state index contributed by atoms with van der Waals surface area (Å²) < 4.78 is 1.02. The van der Waals surface area contributed by atoms with Gasteiger partial charge in [0.05, 0.1) is 0 Å². The number of phenolic OH excluding ortho intramolecular Hbond substituents is 1. The first-order valence-electron chi connectivity index (χ1n) is 3.70. The second-order valence-corrected chi connectivity index (χ2v) is 4.18. The van der Waals surface area contributed by atoms with Crippen molar-refractivity contribution in [1.82, 2.24) is 0 Å². The van der Waals surface area contributed by atoms with E-state index in [0.29, 0.717) is 5.33 Å². The molecule has 13 heavy (non-hydrogen) atoms. The van der Waals surface area contributed by atoms with Gasteiger partial charge in [-0.15, -0.1) is 11.3 Å². The Bertz CT molecular complexity index is 450. The van der Waals surface area contributed by atoms with Gasteiger partial charge >= 0.3 is 0 Å². The van der Waals surface area contributed by atoms with Gasteiger partial charge in [-0.2, -0.15) is 0 Å². The molecule has 0 radical (unpaired) electrons. The van der Waals surface area contributed by atoms with E-state index in [4.69, 9.17) is 0 Å². The lowest BCUT2D eigenvalue weighted by Crippen LogP contribution is -1.77. The minimum atomic E-state index is 0.190. The lowest BCUT2D eigenvalue weighted by atomic mass is 10.1. The smallest absolute Gasteiger partial charge is 0.134 e. The largest absolute Gasteiger partial charge is 0.508 e. The van der Waals surface area contributed by atoms with E-state index in [0.717, 1.165) is 15.6 Å². The summed E-state index contributed by atoms with van der Waals surface area (Å²) in [5, 5.41) is 21.9. The second-order valence-electron chi connectivity index (χ2n) is 2.74. The number of alkyl halides is 1. The van der Waals surface area contributed by atoms with Crippen LogP contribution in [0.2, 0.25) is 0 Å². The molecule has 0 atom stereocenters. The van der Waals surface area contributed by atoms with Crippen molar-refractivity contribution in [2.24, 2.45) is 0 Å². The summed E-state index contributed by atoms with van der Waals surface area (Å²) in [5.74, 6) is 0.425. The van der Waals surface area contributed by atoms with Crippen LogP contribution in [0.3, 0.4) is 0 Å². The molecule has 2 N–H and O–H groups in total. The molecule has 68 valence electrons. The van der Waals surface area contributed by atoms with Gasteiger partial charge < -0.3 is 10.2 Å². The fraction of sp³-hybridized carbons (Fsp3) is 0.111. The van der Waals surface area contributed by atoms with Crippen LogP contribution in [-0.4, -0.2) is 10.2 Å². The maximum absolute atomic E-state index is 9.44. The number of benzene rings is 1. The summed E-state index contributed by atoms with van der Waals surface area (Å²) in [6.07, 6.45) is 0. The van der Waals surface area contributed by atoms with Crippen molar-refractivity contribution in [3.63, 3.8) is 0 Å². The van der Waals surface area contributed by atoms with Gasteiger partial charge in [0.1, 0.15) is 11.5 Å². The number of aromatic hydroxyl groups is 2. The molecule has 0 aliphatic carbocycles. The molecule has 0 spiro atoms. The zero-order valence-corrected chi connectivity index (χ0v) is 9.02. The molecule has 0 aliphatic heterocycles. The maximum Gasteiger partial charge on any atom is 0.134 e. The van der Waals surface area contributed by atoms with Gasteiger partial charge in [0.15, 0.2) is 0 Å². The summed E-state index contributed by atoms with van der Waals surface area (Å²) >= 11 is 4.82. The zero-order chi connectivity index (χ0) is 9.42. The van der Waals surface area contributed by atoms with Crippen LogP contribution in [0, 0.1) is 0 Å². The van der Waals surface area contributed by atoms with Crippen LogP contribution in [0.15, 0.2) is 17.5 Å². The van der Waals surface area contributed by atoms with Crippen molar-refractivity contribution in [1.29, 1.82) is 0 Å². The normalized spacial score (nSPS) is 10.8. The predicted molar refractivity (Wildman–Crippen MR) is 57.8 cm³/mol. The first-order valence-corrected chi connectivity index (χ1v) is 5.70. The Kier molecular flexibility index (Phi) is 2.17. The van der Waals surface area contributed by atoms with Gasteiger partial charge in [-0.3, -0.25) is 0 Å². The van der Waals surface area contributed by atoms with Crippen molar-refractivity contribution in [2.45, 2.75) is 5.33 Å². The van der Waals surface area contributed by atoms with Gasteiger partial charge in [-0.25, -0.2) is 0 Å². The number of phenols is 1. The zero-order valence-electron chi connectivity index (χ0n) is 6.62. The topological polar surface area (TPSA) is 40.5 Å². The molecular formula is C9H7BrO2S. The summed E-state index contributed by atoms with van der Waals surface area (Å²) in [7, 11) is 0. The molecule has 0 saturated carbocycles. The molecule has 1 heterocycles. The first-order chi connectivity index (χ1) is 6.22. The molecule has 2 rings (SSSR count). The Morgan fingerprint density at radius 3 is 2.77 bits per heavy atom. The van der Waals surface area contributed by atoms with Crippen molar-refractivity contribution in [3.8, 4) is 11.5 Å². The van der Waals surface area contributed by atoms with Crippen LogP contribution in [-0.2, 0) is 5.33 Å². The molecule has 1 aromatic carbocycles. The van der Waals surface area contributed by atoms with E-state index in [-0.39, 0.29) is 11.5 Å². The van der Waals surface area contributed by atoms with E-state index >= 15 is 0 Å². The van der Waals surface area contributed by atoms with Gasteiger partial charge in [0.2, 0.25) is 0 Å². The van der Waals surface area contributed by atoms with Crippen molar-refractivity contribution in [2.75, 3.05) is 0 Å². The van der Waals surface area contributed by atoms with Crippen LogP contribution < -0.4 is 0 Å². The summed E-state index contributed by atoms with van der Waals surface area (Å²) in [4.78, 5) is 0. The molecule has 0 unspecified atom stereocenters. The van der Waals surface area contributed by atoms with Crippen LogP contribution in [0.4, 0.5) is 0 Å². The van der Waals surface area contributed by atoms with E-state index < -0.39 is 0 Å².